The van der Waals surface area contributed by atoms with Crippen molar-refractivity contribution < 1.29 is 18.3 Å². The van der Waals surface area contributed by atoms with Crippen molar-refractivity contribution in [1.82, 2.24) is 4.98 Å². The van der Waals surface area contributed by atoms with Crippen LogP contribution in [-0.4, -0.2) is 17.5 Å². The summed E-state index contributed by atoms with van der Waals surface area (Å²) in [6.45, 7) is -2.39. The van der Waals surface area contributed by atoms with Crippen LogP contribution < -0.4 is 15.8 Å². The number of anilines is 1. The fourth-order valence-electron chi connectivity index (χ4n) is 1.64. The Morgan fingerprint density at radius 2 is 1.95 bits per heavy atom. The zero-order valence-corrected chi connectivity index (χ0v) is 10.9. The summed E-state index contributed by atoms with van der Waals surface area (Å²) in [5.74, 6) is 0.0442. The summed E-state index contributed by atoms with van der Waals surface area (Å²) < 4.78 is 28.2. The number of pyridine rings is 1. The van der Waals surface area contributed by atoms with Crippen LogP contribution in [0, 0.1) is 0 Å². The third kappa shape index (κ3) is 4.41. The number of amides is 1. The number of nitrogens with two attached hydrogens (primary N) is 1. The first kappa shape index (κ1) is 14.7. The molecular formula is C14H13F2N3O2. The molecule has 1 heterocycles. The summed E-state index contributed by atoms with van der Waals surface area (Å²) in [6, 6.07) is 9.73. The molecule has 0 saturated heterocycles. The Morgan fingerprint density at radius 1 is 1.24 bits per heavy atom. The second kappa shape index (κ2) is 6.65. The minimum atomic E-state index is -2.87. The molecule has 1 aromatic carbocycles. The van der Waals surface area contributed by atoms with Gasteiger partial charge < -0.3 is 15.8 Å². The number of benzene rings is 1. The molecule has 0 bridgehead atoms. The summed E-state index contributed by atoms with van der Waals surface area (Å²) in [7, 11) is 0. The molecule has 2 aromatic rings. The van der Waals surface area contributed by atoms with Crippen molar-refractivity contribution in [2.24, 2.45) is 5.73 Å². The van der Waals surface area contributed by atoms with E-state index in [1.807, 2.05) is 0 Å². The van der Waals surface area contributed by atoms with Crippen LogP contribution in [0.25, 0.3) is 0 Å². The van der Waals surface area contributed by atoms with E-state index in [4.69, 9.17) is 5.73 Å². The van der Waals surface area contributed by atoms with Gasteiger partial charge in [-0.15, -0.1) is 0 Å². The third-order valence-electron chi connectivity index (χ3n) is 2.67. The average molecular weight is 293 g/mol. The molecular weight excluding hydrogens is 280 g/mol. The van der Waals surface area contributed by atoms with E-state index < -0.39 is 12.5 Å². The second-order valence-corrected chi connectivity index (χ2v) is 4.17. The molecule has 110 valence electrons. The van der Waals surface area contributed by atoms with E-state index in [0.29, 0.717) is 17.9 Å². The topological polar surface area (TPSA) is 77.2 Å². The zero-order valence-electron chi connectivity index (χ0n) is 10.9. The molecule has 0 aliphatic rings. The normalized spacial score (nSPS) is 10.4. The van der Waals surface area contributed by atoms with E-state index >= 15 is 0 Å². The van der Waals surface area contributed by atoms with Gasteiger partial charge in [-0.3, -0.25) is 4.79 Å². The van der Waals surface area contributed by atoms with Crippen molar-refractivity contribution >= 4 is 11.7 Å². The van der Waals surface area contributed by atoms with Crippen molar-refractivity contribution in [3.05, 3.63) is 53.7 Å². The average Bonchev–Trinajstić information content (AvgIpc) is 2.46. The minimum absolute atomic E-state index is 0.00126. The molecule has 0 radical (unpaired) electrons. The number of hydrogen-bond donors (Lipinski definition) is 2. The van der Waals surface area contributed by atoms with Gasteiger partial charge in [0.25, 0.3) is 0 Å². The Labute approximate surface area is 119 Å². The summed E-state index contributed by atoms with van der Waals surface area (Å²) >= 11 is 0. The number of rotatable bonds is 6. The molecule has 21 heavy (non-hydrogen) atoms. The molecule has 3 N–H and O–H groups in total. The monoisotopic (exact) mass is 293 g/mol. The minimum Gasteiger partial charge on any atom is -0.433 e. The highest BCUT2D eigenvalue weighted by Crippen LogP contribution is 2.15. The van der Waals surface area contributed by atoms with E-state index in [2.05, 4.69) is 15.0 Å². The van der Waals surface area contributed by atoms with Crippen LogP contribution in [0.3, 0.4) is 0 Å². The Bertz CT molecular complexity index is 601. The second-order valence-electron chi connectivity index (χ2n) is 4.17. The van der Waals surface area contributed by atoms with Crippen LogP contribution in [0.2, 0.25) is 0 Å². The van der Waals surface area contributed by atoms with Gasteiger partial charge in [0.1, 0.15) is 11.6 Å². The highest BCUT2D eigenvalue weighted by atomic mass is 19.3. The summed E-state index contributed by atoms with van der Waals surface area (Å²) in [4.78, 5) is 14.9. The molecule has 2 rings (SSSR count). The van der Waals surface area contributed by atoms with E-state index in [0.717, 1.165) is 5.56 Å². The van der Waals surface area contributed by atoms with Crippen LogP contribution in [0.1, 0.15) is 15.9 Å². The molecule has 0 spiro atoms. The van der Waals surface area contributed by atoms with Gasteiger partial charge in [0.05, 0.1) is 6.20 Å². The number of carbonyl (C=O) groups is 1. The van der Waals surface area contributed by atoms with Crippen LogP contribution >= 0.6 is 0 Å². The lowest BCUT2D eigenvalue weighted by atomic mass is 10.1. The number of halogens is 2. The number of nitrogens with zero attached hydrogens (tertiary/aromatic N) is 1. The molecule has 0 fully saturated rings. The lowest BCUT2D eigenvalue weighted by molar-refractivity contribution is -0.0500. The number of nitrogens with one attached hydrogen (secondary N) is 1. The fraction of sp³-hybridized carbons (Fsp3) is 0.143. The first-order valence-corrected chi connectivity index (χ1v) is 6.08. The van der Waals surface area contributed by atoms with Gasteiger partial charge in [-0.25, -0.2) is 4.98 Å². The highest BCUT2D eigenvalue weighted by Gasteiger charge is 2.04. The summed E-state index contributed by atoms with van der Waals surface area (Å²) in [5.41, 5.74) is 6.51. The molecule has 0 aliphatic heterocycles. The van der Waals surface area contributed by atoms with Gasteiger partial charge in [-0.1, -0.05) is 12.1 Å². The van der Waals surface area contributed by atoms with Crippen LogP contribution in [0.4, 0.5) is 14.6 Å². The van der Waals surface area contributed by atoms with E-state index in [1.54, 1.807) is 24.3 Å². The Morgan fingerprint density at radius 3 is 2.48 bits per heavy atom. The first-order valence-electron chi connectivity index (χ1n) is 6.08. The van der Waals surface area contributed by atoms with Crippen molar-refractivity contribution in [3.63, 3.8) is 0 Å². The van der Waals surface area contributed by atoms with E-state index in [1.165, 1.54) is 18.3 Å². The molecule has 1 amide bonds. The number of carbonyl (C=O) groups excluding carboxylic acids is 1. The maximum absolute atomic E-state index is 12.0. The smallest absolute Gasteiger partial charge is 0.387 e. The largest absolute Gasteiger partial charge is 0.433 e. The van der Waals surface area contributed by atoms with Gasteiger partial charge in [-0.05, 0) is 29.8 Å². The fourth-order valence-corrected chi connectivity index (χ4v) is 1.64. The molecule has 5 nitrogen and oxygen atoms in total. The molecule has 0 aliphatic carbocycles. The van der Waals surface area contributed by atoms with Gasteiger partial charge in [0.2, 0.25) is 5.91 Å². The van der Waals surface area contributed by atoms with Crippen LogP contribution in [0.15, 0.2) is 42.6 Å². The van der Waals surface area contributed by atoms with E-state index in [9.17, 15) is 13.6 Å². The number of hydrogen-bond acceptors (Lipinski definition) is 4. The van der Waals surface area contributed by atoms with Crippen molar-refractivity contribution in [3.8, 4) is 5.75 Å². The predicted molar refractivity (Wildman–Crippen MR) is 73.2 cm³/mol. The van der Waals surface area contributed by atoms with Crippen LogP contribution in [0.5, 0.6) is 5.75 Å². The SMILES string of the molecule is NC(=O)c1ccc(CNc2ccc(OC(F)F)cn2)cc1. The Kier molecular flexibility index (Phi) is 4.65. The number of ether oxygens (including phenoxy) is 1. The first-order chi connectivity index (χ1) is 10.0. The highest BCUT2D eigenvalue weighted by molar-refractivity contribution is 5.92. The van der Waals surface area contributed by atoms with Gasteiger partial charge >= 0.3 is 6.61 Å². The zero-order chi connectivity index (χ0) is 15.2. The van der Waals surface area contributed by atoms with Gasteiger partial charge in [0, 0.05) is 12.1 Å². The number of aromatic nitrogens is 1. The maximum atomic E-state index is 12.0. The Balaban J connectivity index is 1.91. The van der Waals surface area contributed by atoms with Crippen molar-refractivity contribution in [1.29, 1.82) is 0 Å². The number of alkyl halides is 2. The standard InChI is InChI=1S/C14H13F2N3O2/c15-14(16)21-11-5-6-12(19-8-11)18-7-9-1-3-10(4-2-9)13(17)20/h1-6,8,14H,7H2,(H2,17,20)(H,18,19). The number of primary amides is 1. The van der Waals surface area contributed by atoms with Crippen molar-refractivity contribution in [2.45, 2.75) is 13.2 Å². The quantitative estimate of drug-likeness (QED) is 0.857. The molecule has 7 heteroatoms. The predicted octanol–water partition coefficient (Wildman–Crippen LogP) is 2.39. The summed E-state index contributed by atoms with van der Waals surface area (Å²) in [6.07, 6.45) is 1.21. The van der Waals surface area contributed by atoms with Crippen LogP contribution in [-0.2, 0) is 6.54 Å². The molecule has 0 saturated carbocycles. The molecule has 0 atom stereocenters. The van der Waals surface area contributed by atoms with Gasteiger partial charge in [0.15, 0.2) is 0 Å². The third-order valence-corrected chi connectivity index (χ3v) is 2.67. The molecule has 0 unspecified atom stereocenters. The lowest BCUT2D eigenvalue weighted by Gasteiger charge is -2.08. The van der Waals surface area contributed by atoms with Gasteiger partial charge in [-0.2, -0.15) is 8.78 Å². The van der Waals surface area contributed by atoms with Crippen molar-refractivity contribution in [2.75, 3.05) is 5.32 Å². The maximum Gasteiger partial charge on any atom is 0.387 e. The summed E-state index contributed by atoms with van der Waals surface area (Å²) in [5, 5.41) is 3.02. The van der Waals surface area contributed by atoms with E-state index in [-0.39, 0.29) is 5.75 Å². The lowest BCUT2D eigenvalue weighted by Crippen LogP contribution is -2.10. The Hall–Kier alpha value is -2.70. The molecule has 1 aromatic heterocycles.